The molecule has 3 heteroatoms. The van der Waals surface area contributed by atoms with Crippen LogP contribution in [0.15, 0.2) is 30.5 Å². The van der Waals surface area contributed by atoms with Crippen molar-refractivity contribution in [3.05, 3.63) is 30.5 Å². The molecule has 1 aliphatic carbocycles. The number of nitrogens with two attached hydrogens (primary N) is 1. The molecule has 1 heterocycles. The van der Waals surface area contributed by atoms with E-state index in [1.807, 2.05) is 30.5 Å². The van der Waals surface area contributed by atoms with Crippen LogP contribution in [0.5, 0.6) is 0 Å². The van der Waals surface area contributed by atoms with Crippen molar-refractivity contribution in [2.24, 2.45) is 5.41 Å². The van der Waals surface area contributed by atoms with Crippen LogP contribution < -0.4 is 11.1 Å². The largest absolute Gasteiger partial charge is 0.398 e. The van der Waals surface area contributed by atoms with Gasteiger partial charge in [-0.25, -0.2) is 0 Å². The van der Waals surface area contributed by atoms with E-state index in [0.717, 1.165) is 28.8 Å². The first kappa shape index (κ1) is 11.3. The van der Waals surface area contributed by atoms with Gasteiger partial charge in [0.05, 0.1) is 11.2 Å². The van der Waals surface area contributed by atoms with E-state index < -0.39 is 0 Å². The van der Waals surface area contributed by atoms with Gasteiger partial charge in [0, 0.05) is 23.8 Å². The molecule has 18 heavy (non-hydrogen) atoms. The average Bonchev–Trinajstić information content (AvgIpc) is 2.36. The molecule has 1 aliphatic rings. The third-order valence-electron chi connectivity index (χ3n) is 4.07. The van der Waals surface area contributed by atoms with Crippen molar-refractivity contribution < 1.29 is 0 Å². The molecule has 1 aromatic heterocycles. The zero-order valence-electron chi connectivity index (χ0n) is 10.7. The van der Waals surface area contributed by atoms with Gasteiger partial charge in [0.2, 0.25) is 0 Å². The third kappa shape index (κ3) is 1.90. The van der Waals surface area contributed by atoms with Crippen molar-refractivity contribution in [3.63, 3.8) is 0 Å². The summed E-state index contributed by atoms with van der Waals surface area (Å²) < 4.78 is 0. The van der Waals surface area contributed by atoms with Gasteiger partial charge in [-0.2, -0.15) is 0 Å². The lowest BCUT2D eigenvalue weighted by Crippen LogP contribution is -2.33. The quantitative estimate of drug-likeness (QED) is 0.809. The first-order chi connectivity index (χ1) is 8.68. The Morgan fingerprint density at radius 1 is 1.33 bits per heavy atom. The molecule has 2 aromatic rings. The lowest BCUT2D eigenvalue weighted by Gasteiger charge is -2.38. The molecule has 3 rings (SSSR count). The minimum absolute atomic E-state index is 0.461. The summed E-state index contributed by atoms with van der Waals surface area (Å²) in [5, 5.41) is 4.57. The molecule has 1 aromatic carbocycles. The standard InChI is InChI=1S/C15H19N3/c1-15(7-3-8-15)10-18-13-6-5-12(16)11-4-2-9-17-14(11)13/h2,4-6,9,18H,3,7-8,10,16H2,1H3. The topological polar surface area (TPSA) is 50.9 Å². The number of hydrogen-bond donors (Lipinski definition) is 2. The van der Waals surface area contributed by atoms with E-state index >= 15 is 0 Å². The van der Waals surface area contributed by atoms with Crippen molar-refractivity contribution in [3.8, 4) is 0 Å². The smallest absolute Gasteiger partial charge is 0.0953 e. The number of fused-ring (bicyclic) bond motifs is 1. The molecule has 0 amide bonds. The zero-order valence-corrected chi connectivity index (χ0v) is 10.7. The number of pyridine rings is 1. The summed E-state index contributed by atoms with van der Waals surface area (Å²) in [4.78, 5) is 4.44. The molecular weight excluding hydrogens is 222 g/mol. The molecule has 3 N–H and O–H groups in total. The molecule has 0 saturated heterocycles. The van der Waals surface area contributed by atoms with Crippen LogP contribution in [-0.4, -0.2) is 11.5 Å². The molecule has 1 saturated carbocycles. The van der Waals surface area contributed by atoms with Gasteiger partial charge in [-0.3, -0.25) is 4.98 Å². The van der Waals surface area contributed by atoms with E-state index in [9.17, 15) is 0 Å². The highest BCUT2D eigenvalue weighted by molar-refractivity contribution is 5.98. The van der Waals surface area contributed by atoms with Gasteiger partial charge in [0.15, 0.2) is 0 Å². The maximum absolute atomic E-state index is 5.98. The summed E-state index contributed by atoms with van der Waals surface area (Å²) >= 11 is 0. The van der Waals surface area contributed by atoms with E-state index in [0.29, 0.717) is 5.41 Å². The monoisotopic (exact) mass is 241 g/mol. The van der Waals surface area contributed by atoms with E-state index in [-0.39, 0.29) is 0 Å². The lowest BCUT2D eigenvalue weighted by atomic mass is 9.70. The van der Waals surface area contributed by atoms with Crippen LogP contribution in [0.2, 0.25) is 0 Å². The van der Waals surface area contributed by atoms with Crippen LogP contribution in [0.4, 0.5) is 11.4 Å². The fourth-order valence-corrected chi connectivity index (χ4v) is 2.60. The Bertz CT molecular complexity index is 573. The second-order valence-electron chi connectivity index (χ2n) is 5.62. The maximum Gasteiger partial charge on any atom is 0.0953 e. The number of nitrogens with zero attached hydrogens (tertiary/aromatic N) is 1. The van der Waals surface area contributed by atoms with Crippen molar-refractivity contribution in [2.45, 2.75) is 26.2 Å². The molecule has 0 aliphatic heterocycles. The Morgan fingerprint density at radius 3 is 2.89 bits per heavy atom. The average molecular weight is 241 g/mol. The number of anilines is 2. The number of rotatable bonds is 3. The lowest BCUT2D eigenvalue weighted by molar-refractivity contribution is 0.180. The van der Waals surface area contributed by atoms with Crippen LogP contribution >= 0.6 is 0 Å². The van der Waals surface area contributed by atoms with Crippen LogP contribution in [0.1, 0.15) is 26.2 Å². The third-order valence-corrected chi connectivity index (χ3v) is 4.07. The molecule has 1 fully saturated rings. The highest BCUT2D eigenvalue weighted by Crippen LogP contribution is 2.40. The molecule has 0 radical (unpaired) electrons. The summed E-state index contributed by atoms with van der Waals surface area (Å²) in [5.74, 6) is 0. The highest BCUT2D eigenvalue weighted by atomic mass is 14.9. The predicted octanol–water partition coefficient (Wildman–Crippen LogP) is 3.42. The summed E-state index contributed by atoms with van der Waals surface area (Å²) in [6.07, 6.45) is 5.82. The predicted molar refractivity (Wildman–Crippen MR) is 76.6 cm³/mol. The van der Waals surface area contributed by atoms with Gasteiger partial charge in [0.1, 0.15) is 0 Å². The second-order valence-corrected chi connectivity index (χ2v) is 5.62. The van der Waals surface area contributed by atoms with Gasteiger partial charge < -0.3 is 11.1 Å². The van der Waals surface area contributed by atoms with E-state index in [2.05, 4.69) is 17.2 Å². The van der Waals surface area contributed by atoms with Crippen LogP contribution in [-0.2, 0) is 0 Å². The summed E-state index contributed by atoms with van der Waals surface area (Å²) in [6, 6.07) is 7.94. The number of aromatic nitrogens is 1. The SMILES string of the molecule is CC1(CNc2ccc(N)c3cccnc23)CCC1. The van der Waals surface area contributed by atoms with Crippen molar-refractivity contribution in [1.29, 1.82) is 0 Å². The molecule has 94 valence electrons. The maximum atomic E-state index is 5.98. The molecular formula is C15H19N3. The second kappa shape index (κ2) is 4.16. The van der Waals surface area contributed by atoms with E-state index in [1.54, 1.807) is 0 Å². The van der Waals surface area contributed by atoms with Gasteiger partial charge in [-0.15, -0.1) is 0 Å². The van der Waals surface area contributed by atoms with Gasteiger partial charge in [-0.05, 0) is 42.5 Å². The van der Waals surface area contributed by atoms with Gasteiger partial charge in [-0.1, -0.05) is 13.3 Å². The number of nitrogen functional groups attached to an aromatic ring is 1. The van der Waals surface area contributed by atoms with Gasteiger partial charge in [0.25, 0.3) is 0 Å². The van der Waals surface area contributed by atoms with Crippen molar-refractivity contribution in [2.75, 3.05) is 17.6 Å². The van der Waals surface area contributed by atoms with E-state index in [1.165, 1.54) is 19.3 Å². The fourth-order valence-electron chi connectivity index (χ4n) is 2.60. The number of nitrogens with one attached hydrogen (secondary N) is 1. The molecule has 3 nitrogen and oxygen atoms in total. The normalized spacial score (nSPS) is 17.4. The highest BCUT2D eigenvalue weighted by Gasteiger charge is 2.31. The fraction of sp³-hybridized carbons (Fsp3) is 0.400. The summed E-state index contributed by atoms with van der Waals surface area (Å²) in [7, 11) is 0. The Labute approximate surface area is 107 Å². The number of hydrogen-bond acceptors (Lipinski definition) is 3. The Kier molecular flexibility index (Phi) is 2.62. The molecule has 0 spiro atoms. The van der Waals surface area contributed by atoms with Gasteiger partial charge >= 0.3 is 0 Å². The minimum atomic E-state index is 0.461. The molecule has 0 unspecified atom stereocenters. The van der Waals surface area contributed by atoms with E-state index in [4.69, 9.17) is 5.73 Å². The first-order valence-corrected chi connectivity index (χ1v) is 6.55. The van der Waals surface area contributed by atoms with Crippen LogP contribution in [0, 0.1) is 5.41 Å². The van der Waals surface area contributed by atoms with Crippen LogP contribution in [0.25, 0.3) is 10.9 Å². The zero-order chi connectivity index (χ0) is 12.6. The van der Waals surface area contributed by atoms with Crippen LogP contribution in [0.3, 0.4) is 0 Å². The Morgan fingerprint density at radius 2 is 2.17 bits per heavy atom. The summed E-state index contributed by atoms with van der Waals surface area (Å²) in [5.41, 5.74) is 9.29. The Hall–Kier alpha value is -1.77. The van der Waals surface area contributed by atoms with Crippen molar-refractivity contribution >= 4 is 22.3 Å². The molecule has 0 bridgehead atoms. The summed E-state index contributed by atoms with van der Waals surface area (Å²) in [6.45, 7) is 3.36. The molecule has 0 atom stereocenters. The minimum Gasteiger partial charge on any atom is -0.398 e. The number of benzene rings is 1. The first-order valence-electron chi connectivity index (χ1n) is 6.55. The van der Waals surface area contributed by atoms with Crippen molar-refractivity contribution in [1.82, 2.24) is 4.98 Å². The Balaban J connectivity index is 1.90.